The van der Waals surface area contributed by atoms with Gasteiger partial charge in [-0.05, 0) is 48.4 Å². The zero-order chi connectivity index (χ0) is 21.3. The van der Waals surface area contributed by atoms with Gasteiger partial charge in [0.25, 0.3) is 5.91 Å². The van der Waals surface area contributed by atoms with Crippen LogP contribution in [0.25, 0.3) is 0 Å². The molecule has 7 heteroatoms. The molecular formula is C23H28FN3O3. The summed E-state index contributed by atoms with van der Waals surface area (Å²) in [7, 11) is 1.79. The number of rotatable bonds is 8. The molecule has 0 aliphatic carbocycles. The summed E-state index contributed by atoms with van der Waals surface area (Å²) in [4.78, 5) is 28.3. The van der Waals surface area contributed by atoms with Crippen LogP contribution in [0.15, 0.2) is 48.5 Å². The Hall–Kier alpha value is -2.93. The molecule has 0 unspecified atom stereocenters. The van der Waals surface area contributed by atoms with Crippen molar-refractivity contribution >= 4 is 17.5 Å². The van der Waals surface area contributed by atoms with Crippen molar-refractivity contribution in [1.29, 1.82) is 0 Å². The van der Waals surface area contributed by atoms with Gasteiger partial charge in [-0.3, -0.25) is 9.59 Å². The molecule has 1 aliphatic rings. The molecular weight excluding hydrogens is 385 g/mol. The number of benzene rings is 2. The number of nitrogens with one attached hydrogen (secondary N) is 1. The molecule has 30 heavy (non-hydrogen) atoms. The summed E-state index contributed by atoms with van der Waals surface area (Å²) in [6.07, 6.45) is 0.901. The van der Waals surface area contributed by atoms with Crippen molar-refractivity contribution in [3.63, 3.8) is 0 Å². The summed E-state index contributed by atoms with van der Waals surface area (Å²) in [5.41, 5.74) is 2.65. The Morgan fingerprint density at radius 3 is 2.40 bits per heavy atom. The Morgan fingerprint density at radius 1 is 1.07 bits per heavy atom. The number of hydrogen-bond acceptors (Lipinski definition) is 4. The fraction of sp³-hybridized carbons (Fsp3) is 0.391. The van der Waals surface area contributed by atoms with Crippen LogP contribution < -0.4 is 10.2 Å². The molecule has 2 aromatic rings. The molecule has 6 nitrogen and oxygen atoms in total. The number of halogens is 1. The zero-order valence-electron chi connectivity index (χ0n) is 17.3. The van der Waals surface area contributed by atoms with E-state index in [0.29, 0.717) is 31.5 Å². The average molecular weight is 413 g/mol. The summed E-state index contributed by atoms with van der Waals surface area (Å²) >= 11 is 0. The number of ether oxygens (including phenoxy) is 1. The van der Waals surface area contributed by atoms with Crippen LogP contribution in [0.5, 0.6) is 0 Å². The first-order chi connectivity index (χ1) is 14.5. The summed E-state index contributed by atoms with van der Waals surface area (Å²) in [5.74, 6) is -0.615. The first kappa shape index (κ1) is 21.8. The fourth-order valence-corrected chi connectivity index (χ4v) is 3.33. The molecule has 2 aromatic carbocycles. The molecule has 1 fully saturated rings. The van der Waals surface area contributed by atoms with Gasteiger partial charge in [0.05, 0.1) is 13.2 Å². The third-order valence-electron chi connectivity index (χ3n) is 5.12. The maximum atomic E-state index is 12.9. The van der Waals surface area contributed by atoms with E-state index in [1.54, 1.807) is 11.9 Å². The average Bonchev–Trinajstić information content (AvgIpc) is 2.78. The lowest BCUT2D eigenvalue weighted by Gasteiger charge is -2.29. The molecule has 0 atom stereocenters. The molecule has 0 bridgehead atoms. The van der Waals surface area contributed by atoms with Crippen LogP contribution in [0.4, 0.5) is 10.1 Å². The molecule has 1 saturated heterocycles. The minimum atomic E-state index is -0.379. The van der Waals surface area contributed by atoms with E-state index in [1.807, 2.05) is 0 Å². The zero-order valence-corrected chi connectivity index (χ0v) is 17.3. The maximum Gasteiger partial charge on any atom is 0.251 e. The first-order valence-corrected chi connectivity index (χ1v) is 10.2. The molecule has 0 saturated carbocycles. The lowest BCUT2D eigenvalue weighted by molar-refractivity contribution is -0.130. The normalized spacial score (nSPS) is 13.7. The van der Waals surface area contributed by atoms with E-state index in [1.165, 1.54) is 30.0 Å². The number of morpholine rings is 1. The highest BCUT2D eigenvalue weighted by Gasteiger charge is 2.13. The van der Waals surface area contributed by atoms with Gasteiger partial charge >= 0.3 is 0 Å². The molecule has 1 heterocycles. The van der Waals surface area contributed by atoms with Crippen molar-refractivity contribution in [2.45, 2.75) is 19.4 Å². The van der Waals surface area contributed by atoms with E-state index in [0.717, 1.165) is 31.9 Å². The molecule has 160 valence electrons. The van der Waals surface area contributed by atoms with Crippen molar-refractivity contribution in [2.75, 3.05) is 44.8 Å². The lowest BCUT2D eigenvalue weighted by Crippen LogP contribution is -2.36. The number of nitrogens with zero attached hydrogens (tertiary/aromatic N) is 2. The van der Waals surface area contributed by atoms with Gasteiger partial charge in [0.1, 0.15) is 5.82 Å². The molecule has 1 N–H and O–H groups in total. The van der Waals surface area contributed by atoms with Crippen LogP contribution in [0.1, 0.15) is 28.8 Å². The van der Waals surface area contributed by atoms with Crippen LogP contribution >= 0.6 is 0 Å². The van der Waals surface area contributed by atoms with Crippen LogP contribution in [-0.2, 0) is 16.1 Å². The summed E-state index contributed by atoms with van der Waals surface area (Å²) in [6, 6.07) is 13.7. The molecule has 0 radical (unpaired) electrons. The highest BCUT2D eigenvalue weighted by atomic mass is 19.1. The van der Waals surface area contributed by atoms with E-state index in [9.17, 15) is 14.0 Å². The van der Waals surface area contributed by atoms with Gasteiger partial charge in [-0.25, -0.2) is 4.39 Å². The third kappa shape index (κ3) is 6.29. The largest absolute Gasteiger partial charge is 0.378 e. The van der Waals surface area contributed by atoms with Gasteiger partial charge in [-0.15, -0.1) is 0 Å². The van der Waals surface area contributed by atoms with Crippen LogP contribution in [0, 0.1) is 5.82 Å². The Bertz CT molecular complexity index is 834. The third-order valence-corrected chi connectivity index (χ3v) is 5.12. The summed E-state index contributed by atoms with van der Waals surface area (Å²) in [6.45, 7) is 4.24. The molecule has 0 aromatic heterocycles. The van der Waals surface area contributed by atoms with Crippen LogP contribution in [0.2, 0.25) is 0 Å². The van der Waals surface area contributed by atoms with Gasteiger partial charge in [0.2, 0.25) is 5.91 Å². The lowest BCUT2D eigenvalue weighted by atomic mass is 10.1. The Morgan fingerprint density at radius 2 is 1.73 bits per heavy atom. The molecule has 0 spiro atoms. The quantitative estimate of drug-likeness (QED) is 0.676. The Kier molecular flexibility index (Phi) is 7.79. The standard InChI is InChI=1S/C23H28FN3O3/c1-26(17-18-4-10-21(11-5-18)27-13-15-30-16-14-27)22(28)3-2-12-25-23(29)19-6-8-20(24)9-7-19/h4-11H,2-3,12-17H2,1H3,(H,25,29). The van der Waals surface area contributed by atoms with Gasteiger partial charge in [-0.2, -0.15) is 0 Å². The van der Waals surface area contributed by atoms with E-state index in [2.05, 4.69) is 34.5 Å². The predicted octanol–water partition coefficient (Wildman–Crippen LogP) is 2.83. The van der Waals surface area contributed by atoms with E-state index < -0.39 is 0 Å². The number of carbonyl (C=O) groups excluding carboxylic acids is 2. The fourth-order valence-electron chi connectivity index (χ4n) is 3.33. The maximum absolute atomic E-state index is 12.9. The van der Waals surface area contributed by atoms with Crippen molar-refractivity contribution in [1.82, 2.24) is 10.2 Å². The Labute approximate surface area is 176 Å². The first-order valence-electron chi connectivity index (χ1n) is 10.2. The summed E-state index contributed by atoms with van der Waals surface area (Å²) < 4.78 is 18.3. The topological polar surface area (TPSA) is 61.9 Å². The number of carbonyl (C=O) groups is 2. The highest BCUT2D eigenvalue weighted by molar-refractivity contribution is 5.94. The Balaban J connectivity index is 1.38. The number of hydrogen-bond donors (Lipinski definition) is 1. The van der Waals surface area contributed by atoms with Gasteiger partial charge in [0, 0.05) is 50.9 Å². The van der Waals surface area contributed by atoms with Crippen molar-refractivity contribution in [3.8, 4) is 0 Å². The van der Waals surface area contributed by atoms with Gasteiger partial charge in [-0.1, -0.05) is 12.1 Å². The monoisotopic (exact) mass is 413 g/mol. The summed E-state index contributed by atoms with van der Waals surface area (Å²) in [5, 5.41) is 2.75. The number of amides is 2. The predicted molar refractivity (Wildman–Crippen MR) is 114 cm³/mol. The van der Waals surface area contributed by atoms with Crippen LogP contribution in [0.3, 0.4) is 0 Å². The van der Waals surface area contributed by atoms with Gasteiger partial charge in [0.15, 0.2) is 0 Å². The second-order valence-corrected chi connectivity index (χ2v) is 7.38. The van der Waals surface area contributed by atoms with E-state index >= 15 is 0 Å². The van der Waals surface area contributed by atoms with Crippen molar-refractivity contribution in [3.05, 3.63) is 65.5 Å². The second-order valence-electron chi connectivity index (χ2n) is 7.38. The number of anilines is 1. The minimum absolute atomic E-state index is 0.0308. The highest BCUT2D eigenvalue weighted by Crippen LogP contribution is 2.17. The molecule has 2 amide bonds. The van der Waals surface area contributed by atoms with E-state index in [4.69, 9.17) is 4.74 Å². The second kappa shape index (κ2) is 10.7. The van der Waals surface area contributed by atoms with Crippen molar-refractivity contribution in [2.24, 2.45) is 0 Å². The minimum Gasteiger partial charge on any atom is -0.378 e. The smallest absolute Gasteiger partial charge is 0.251 e. The van der Waals surface area contributed by atoms with E-state index in [-0.39, 0.29) is 17.6 Å². The van der Waals surface area contributed by atoms with Crippen LogP contribution in [-0.4, -0.2) is 56.6 Å². The molecule has 3 rings (SSSR count). The molecule has 1 aliphatic heterocycles. The SMILES string of the molecule is CN(Cc1ccc(N2CCOCC2)cc1)C(=O)CCCNC(=O)c1ccc(F)cc1. The van der Waals surface area contributed by atoms with Crippen molar-refractivity contribution < 1.29 is 18.7 Å². The van der Waals surface area contributed by atoms with Gasteiger partial charge < -0.3 is 19.9 Å².